The van der Waals surface area contributed by atoms with Crippen molar-refractivity contribution < 1.29 is 17.9 Å². The van der Waals surface area contributed by atoms with E-state index in [1.165, 1.54) is 12.1 Å². The fraction of sp³-hybridized carbons (Fsp3) is 0.333. The van der Waals surface area contributed by atoms with E-state index in [1.807, 2.05) is 26.0 Å². The maximum absolute atomic E-state index is 12.6. The summed E-state index contributed by atoms with van der Waals surface area (Å²) in [6, 6.07) is 5.42. The zero-order chi connectivity index (χ0) is 16.6. The average Bonchev–Trinajstić information content (AvgIpc) is 2.49. The van der Waals surface area contributed by atoms with Crippen molar-refractivity contribution in [2.75, 3.05) is 6.61 Å². The number of allylic oxidation sites excluding steroid dienone is 4. The van der Waals surface area contributed by atoms with Crippen LogP contribution in [0.4, 0.5) is 13.2 Å². The molecule has 1 rings (SSSR count). The number of benzene rings is 1. The molecule has 0 spiro atoms. The second-order valence-electron chi connectivity index (χ2n) is 4.93. The average molecular weight is 310 g/mol. The maximum atomic E-state index is 12.6. The third kappa shape index (κ3) is 6.20. The van der Waals surface area contributed by atoms with Crippen LogP contribution in [0, 0.1) is 0 Å². The van der Waals surface area contributed by atoms with Gasteiger partial charge < -0.3 is 4.74 Å². The molecule has 22 heavy (non-hydrogen) atoms. The van der Waals surface area contributed by atoms with E-state index < -0.39 is 11.7 Å². The number of hydrogen-bond acceptors (Lipinski definition) is 1. The molecular formula is C18H21F3O. The van der Waals surface area contributed by atoms with Crippen molar-refractivity contribution in [1.82, 2.24) is 0 Å². The SMILES string of the molecule is C=C/C(C)=C\C(=C/C)OCCCc1cccc(C(F)(F)F)c1. The van der Waals surface area contributed by atoms with Crippen LogP contribution >= 0.6 is 0 Å². The van der Waals surface area contributed by atoms with Gasteiger partial charge in [-0.15, -0.1) is 0 Å². The molecule has 1 nitrogen and oxygen atoms in total. The van der Waals surface area contributed by atoms with E-state index in [4.69, 9.17) is 4.74 Å². The van der Waals surface area contributed by atoms with Gasteiger partial charge in [-0.2, -0.15) is 13.2 Å². The third-order valence-electron chi connectivity index (χ3n) is 3.11. The molecule has 120 valence electrons. The highest BCUT2D eigenvalue weighted by Crippen LogP contribution is 2.29. The summed E-state index contributed by atoms with van der Waals surface area (Å²) >= 11 is 0. The molecule has 0 aliphatic carbocycles. The molecular weight excluding hydrogens is 289 g/mol. The summed E-state index contributed by atoms with van der Waals surface area (Å²) in [4.78, 5) is 0. The van der Waals surface area contributed by atoms with Gasteiger partial charge in [0.25, 0.3) is 0 Å². The summed E-state index contributed by atoms with van der Waals surface area (Å²) in [5, 5.41) is 0. The summed E-state index contributed by atoms with van der Waals surface area (Å²) in [5.74, 6) is 0.737. The molecule has 0 aromatic heterocycles. The fourth-order valence-corrected chi connectivity index (χ4v) is 1.86. The van der Waals surface area contributed by atoms with Gasteiger partial charge in [0.15, 0.2) is 0 Å². The zero-order valence-electron chi connectivity index (χ0n) is 12.9. The molecule has 0 radical (unpaired) electrons. The first kappa shape index (κ1) is 18.1. The zero-order valence-corrected chi connectivity index (χ0v) is 12.9. The Bertz CT molecular complexity index is 554. The van der Waals surface area contributed by atoms with Gasteiger partial charge in [-0.1, -0.05) is 30.9 Å². The van der Waals surface area contributed by atoms with Gasteiger partial charge in [0.2, 0.25) is 0 Å². The molecule has 0 bridgehead atoms. The molecule has 0 unspecified atom stereocenters. The minimum Gasteiger partial charge on any atom is -0.494 e. The van der Waals surface area contributed by atoms with Gasteiger partial charge in [-0.05, 0) is 56.0 Å². The standard InChI is InChI=1S/C18H21F3O/c1-4-14(3)12-17(5-2)22-11-7-9-15-8-6-10-16(13-15)18(19,20)21/h4-6,8,10,12-13H,1,7,9,11H2,2-3H3/b14-12-,17-5+. The van der Waals surface area contributed by atoms with Crippen LogP contribution < -0.4 is 0 Å². The molecule has 0 N–H and O–H groups in total. The molecule has 1 aromatic rings. The van der Waals surface area contributed by atoms with E-state index >= 15 is 0 Å². The highest BCUT2D eigenvalue weighted by molar-refractivity contribution is 5.26. The summed E-state index contributed by atoms with van der Waals surface area (Å²) in [6.07, 6.45) is 2.35. The number of aryl methyl sites for hydroxylation is 1. The van der Waals surface area contributed by atoms with E-state index in [0.29, 0.717) is 25.0 Å². The normalized spacial score (nSPS) is 13.1. The summed E-state index contributed by atoms with van der Waals surface area (Å²) in [7, 11) is 0. The largest absolute Gasteiger partial charge is 0.494 e. The Morgan fingerprint density at radius 3 is 2.64 bits per heavy atom. The number of alkyl halides is 3. The summed E-state index contributed by atoms with van der Waals surface area (Å²) < 4.78 is 43.4. The number of ether oxygens (including phenoxy) is 1. The summed E-state index contributed by atoms with van der Waals surface area (Å²) in [6.45, 7) is 7.91. The van der Waals surface area contributed by atoms with E-state index in [1.54, 1.807) is 12.1 Å². The quantitative estimate of drug-likeness (QED) is 0.357. The lowest BCUT2D eigenvalue weighted by atomic mass is 10.1. The highest BCUT2D eigenvalue weighted by atomic mass is 19.4. The highest BCUT2D eigenvalue weighted by Gasteiger charge is 2.30. The fourth-order valence-electron chi connectivity index (χ4n) is 1.86. The number of halogens is 3. The van der Waals surface area contributed by atoms with Gasteiger partial charge >= 0.3 is 6.18 Å². The van der Waals surface area contributed by atoms with Crippen molar-refractivity contribution in [3.63, 3.8) is 0 Å². The van der Waals surface area contributed by atoms with E-state index in [0.717, 1.165) is 17.4 Å². The Kier molecular flexibility index (Phi) is 6.96. The number of rotatable bonds is 7. The molecule has 0 fully saturated rings. The monoisotopic (exact) mass is 310 g/mol. The molecule has 0 heterocycles. The Morgan fingerprint density at radius 1 is 1.32 bits per heavy atom. The van der Waals surface area contributed by atoms with Crippen LogP contribution in [0.15, 0.2) is 60.4 Å². The van der Waals surface area contributed by atoms with E-state index in [2.05, 4.69) is 6.58 Å². The minimum absolute atomic E-state index is 0.455. The van der Waals surface area contributed by atoms with Crippen LogP contribution in [-0.2, 0) is 17.3 Å². The molecule has 0 aliphatic heterocycles. The van der Waals surface area contributed by atoms with Crippen LogP contribution in [0.5, 0.6) is 0 Å². The van der Waals surface area contributed by atoms with Crippen molar-refractivity contribution >= 4 is 0 Å². The molecule has 0 atom stereocenters. The topological polar surface area (TPSA) is 9.23 Å². The Morgan fingerprint density at radius 2 is 2.05 bits per heavy atom. The molecule has 0 amide bonds. The second kappa shape index (κ2) is 8.47. The first-order valence-corrected chi connectivity index (χ1v) is 7.12. The van der Waals surface area contributed by atoms with Crippen molar-refractivity contribution in [1.29, 1.82) is 0 Å². The van der Waals surface area contributed by atoms with Crippen molar-refractivity contribution in [3.05, 3.63) is 71.5 Å². The van der Waals surface area contributed by atoms with Gasteiger partial charge in [0, 0.05) is 0 Å². The predicted octanol–water partition coefficient (Wildman–Crippen LogP) is 5.69. The summed E-state index contributed by atoms with van der Waals surface area (Å²) in [5.41, 5.74) is 1.05. The van der Waals surface area contributed by atoms with Gasteiger partial charge in [-0.3, -0.25) is 0 Å². The van der Waals surface area contributed by atoms with Crippen molar-refractivity contribution in [2.45, 2.75) is 32.9 Å². The molecule has 0 saturated heterocycles. The van der Waals surface area contributed by atoms with E-state index in [-0.39, 0.29) is 0 Å². The number of hydrogen-bond donors (Lipinski definition) is 0. The molecule has 0 saturated carbocycles. The van der Waals surface area contributed by atoms with E-state index in [9.17, 15) is 13.2 Å². The van der Waals surface area contributed by atoms with Crippen LogP contribution in [0.25, 0.3) is 0 Å². The van der Waals surface area contributed by atoms with Crippen molar-refractivity contribution in [2.24, 2.45) is 0 Å². The lowest BCUT2D eigenvalue weighted by Gasteiger charge is -2.10. The third-order valence-corrected chi connectivity index (χ3v) is 3.11. The van der Waals surface area contributed by atoms with Crippen LogP contribution in [0.1, 0.15) is 31.4 Å². The Balaban J connectivity index is 2.50. The van der Waals surface area contributed by atoms with Crippen LogP contribution in [-0.4, -0.2) is 6.61 Å². The smallest absolute Gasteiger partial charge is 0.416 e. The van der Waals surface area contributed by atoms with Gasteiger partial charge in [0.1, 0.15) is 5.76 Å². The van der Waals surface area contributed by atoms with Crippen LogP contribution in [0.2, 0.25) is 0 Å². The molecule has 1 aromatic carbocycles. The van der Waals surface area contributed by atoms with Crippen molar-refractivity contribution in [3.8, 4) is 0 Å². The maximum Gasteiger partial charge on any atom is 0.416 e. The van der Waals surface area contributed by atoms with Crippen LogP contribution in [0.3, 0.4) is 0 Å². The Labute approximate surface area is 129 Å². The second-order valence-corrected chi connectivity index (χ2v) is 4.93. The minimum atomic E-state index is -4.29. The lowest BCUT2D eigenvalue weighted by Crippen LogP contribution is -2.05. The Hall–Kier alpha value is -1.97. The van der Waals surface area contributed by atoms with Gasteiger partial charge in [-0.25, -0.2) is 0 Å². The molecule has 0 aliphatic rings. The molecule has 4 heteroatoms. The van der Waals surface area contributed by atoms with Gasteiger partial charge in [0.05, 0.1) is 12.2 Å². The first-order chi connectivity index (χ1) is 10.4. The predicted molar refractivity (Wildman–Crippen MR) is 83.4 cm³/mol. The lowest BCUT2D eigenvalue weighted by molar-refractivity contribution is -0.137. The first-order valence-electron chi connectivity index (χ1n) is 7.12.